The third-order valence-electron chi connectivity index (χ3n) is 4.61. The number of hydrogen-bond acceptors (Lipinski definition) is 2. The summed E-state index contributed by atoms with van der Waals surface area (Å²) in [5.74, 6) is 0.0466. The minimum absolute atomic E-state index is 0.416. The standard InChI is InChI=1S/C24H30O3/c1-3-5-6-7-8-17-27-23-15-13-22(14-16-23)21-11-9-19(10-12-21)18-20(4-2)24(25)26/h9-16,18H,3-8,17H2,1-2H3,(H,25,26). The highest BCUT2D eigenvalue weighted by Gasteiger charge is 2.04. The van der Waals surface area contributed by atoms with Gasteiger partial charge in [0.25, 0.3) is 0 Å². The van der Waals surface area contributed by atoms with Crippen molar-refractivity contribution in [3.8, 4) is 16.9 Å². The Hall–Kier alpha value is -2.55. The first-order valence-corrected chi connectivity index (χ1v) is 9.91. The largest absolute Gasteiger partial charge is 0.494 e. The van der Waals surface area contributed by atoms with Crippen LogP contribution in [0.3, 0.4) is 0 Å². The van der Waals surface area contributed by atoms with Crippen molar-refractivity contribution in [1.29, 1.82) is 0 Å². The van der Waals surface area contributed by atoms with Crippen LogP contribution in [0.2, 0.25) is 0 Å². The summed E-state index contributed by atoms with van der Waals surface area (Å²) in [6.07, 6.45) is 8.43. The molecule has 0 radical (unpaired) electrons. The molecule has 0 atom stereocenters. The maximum Gasteiger partial charge on any atom is 0.331 e. The van der Waals surface area contributed by atoms with Crippen LogP contribution in [0, 0.1) is 0 Å². The van der Waals surface area contributed by atoms with Gasteiger partial charge in [-0.25, -0.2) is 4.79 Å². The summed E-state index contributed by atoms with van der Waals surface area (Å²) < 4.78 is 5.81. The van der Waals surface area contributed by atoms with Crippen molar-refractivity contribution in [2.24, 2.45) is 0 Å². The van der Waals surface area contributed by atoms with Crippen molar-refractivity contribution in [3.63, 3.8) is 0 Å². The Kier molecular flexibility index (Phi) is 8.63. The maximum atomic E-state index is 11.1. The predicted molar refractivity (Wildman–Crippen MR) is 112 cm³/mol. The van der Waals surface area contributed by atoms with Crippen LogP contribution < -0.4 is 4.74 Å². The SMILES string of the molecule is CCCCCCCOc1ccc(-c2ccc(C=C(CC)C(=O)O)cc2)cc1. The molecule has 2 aromatic rings. The van der Waals surface area contributed by atoms with Crippen LogP contribution in [-0.4, -0.2) is 17.7 Å². The number of aliphatic carboxylic acids is 1. The fraction of sp³-hybridized carbons (Fsp3) is 0.375. The lowest BCUT2D eigenvalue weighted by atomic mass is 10.0. The third kappa shape index (κ3) is 6.93. The molecule has 3 nitrogen and oxygen atoms in total. The van der Waals surface area contributed by atoms with Crippen LogP contribution in [0.1, 0.15) is 57.9 Å². The Morgan fingerprint density at radius 2 is 1.48 bits per heavy atom. The van der Waals surface area contributed by atoms with Gasteiger partial charge in [-0.15, -0.1) is 0 Å². The molecule has 0 amide bonds. The van der Waals surface area contributed by atoms with E-state index in [9.17, 15) is 4.79 Å². The molecule has 0 aliphatic rings. The van der Waals surface area contributed by atoms with E-state index in [-0.39, 0.29) is 0 Å². The summed E-state index contributed by atoms with van der Waals surface area (Å²) in [5, 5.41) is 9.13. The molecule has 27 heavy (non-hydrogen) atoms. The highest BCUT2D eigenvalue weighted by molar-refractivity contribution is 5.92. The summed E-state index contributed by atoms with van der Waals surface area (Å²) in [6.45, 7) is 4.84. The summed E-state index contributed by atoms with van der Waals surface area (Å²) in [7, 11) is 0. The number of carboxylic acid groups (broad SMARTS) is 1. The van der Waals surface area contributed by atoms with Gasteiger partial charge in [0.2, 0.25) is 0 Å². The summed E-state index contributed by atoms with van der Waals surface area (Å²) >= 11 is 0. The Morgan fingerprint density at radius 3 is 2.04 bits per heavy atom. The lowest BCUT2D eigenvalue weighted by Crippen LogP contribution is -1.98. The Balaban J connectivity index is 1.92. The van der Waals surface area contributed by atoms with Gasteiger partial charge in [0.05, 0.1) is 6.61 Å². The molecule has 0 unspecified atom stereocenters. The molecule has 0 aliphatic heterocycles. The first kappa shape index (κ1) is 20.8. The van der Waals surface area contributed by atoms with Crippen molar-refractivity contribution in [2.45, 2.75) is 52.4 Å². The molecule has 1 N–H and O–H groups in total. The van der Waals surface area contributed by atoms with Crippen molar-refractivity contribution < 1.29 is 14.6 Å². The zero-order chi connectivity index (χ0) is 19.5. The van der Waals surface area contributed by atoms with E-state index in [0.717, 1.165) is 35.5 Å². The molecular formula is C24H30O3. The molecule has 0 aromatic heterocycles. The van der Waals surface area contributed by atoms with E-state index >= 15 is 0 Å². The number of ether oxygens (including phenoxy) is 1. The lowest BCUT2D eigenvalue weighted by molar-refractivity contribution is -0.132. The van der Waals surface area contributed by atoms with Gasteiger partial charge in [0.1, 0.15) is 5.75 Å². The van der Waals surface area contributed by atoms with Crippen LogP contribution in [0.15, 0.2) is 54.1 Å². The monoisotopic (exact) mass is 366 g/mol. The lowest BCUT2D eigenvalue weighted by Gasteiger charge is -2.08. The molecular weight excluding hydrogens is 336 g/mol. The predicted octanol–water partition coefficient (Wildman–Crippen LogP) is 6.58. The van der Waals surface area contributed by atoms with Crippen LogP contribution in [0.25, 0.3) is 17.2 Å². The van der Waals surface area contributed by atoms with E-state index < -0.39 is 5.97 Å². The zero-order valence-corrected chi connectivity index (χ0v) is 16.4. The van der Waals surface area contributed by atoms with Crippen LogP contribution in [0.5, 0.6) is 5.75 Å². The van der Waals surface area contributed by atoms with Crippen LogP contribution >= 0.6 is 0 Å². The Morgan fingerprint density at radius 1 is 0.889 bits per heavy atom. The number of benzene rings is 2. The van der Waals surface area contributed by atoms with E-state index in [4.69, 9.17) is 9.84 Å². The molecule has 0 fully saturated rings. The molecule has 0 heterocycles. The highest BCUT2D eigenvalue weighted by Crippen LogP contribution is 2.24. The topological polar surface area (TPSA) is 46.5 Å². The van der Waals surface area contributed by atoms with Gasteiger partial charge in [0.15, 0.2) is 0 Å². The van der Waals surface area contributed by atoms with Gasteiger partial charge in [-0.2, -0.15) is 0 Å². The minimum atomic E-state index is -0.859. The second-order valence-corrected chi connectivity index (χ2v) is 6.74. The smallest absolute Gasteiger partial charge is 0.331 e. The summed E-state index contributed by atoms with van der Waals surface area (Å²) in [6, 6.07) is 16.1. The van der Waals surface area contributed by atoms with Gasteiger partial charge >= 0.3 is 5.97 Å². The van der Waals surface area contributed by atoms with Gasteiger partial charge in [-0.3, -0.25) is 0 Å². The second kappa shape index (κ2) is 11.2. The maximum absolute atomic E-state index is 11.1. The van der Waals surface area contributed by atoms with Crippen molar-refractivity contribution in [3.05, 3.63) is 59.7 Å². The zero-order valence-electron chi connectivity index (χ0n) is 16.4. The molecule has 2 aromatic carbocycles. The van der Waals surface area contributed by atoms with E-state index in [1.165, 1.54) is 25.7 Å². The second-order valence-electron chi connectivity index (χ2n) is 6.74. The molecule has 0 saturated heterocycles. The first-order valence-electron chi connectivity index (χ1n) is 9.91. The number of carboxylic acids is 1. The van der Waals surface area contributed by atoms with Crippen LogP contribution in [-0.2, 0) is 4.79 Å². The summed E-state index contributed by atoms with van der Waals surface area (Å²) in [4.78, 5) is 11.1. The molecule has 144 valence electrons. The molecule has 0 bridgehead atoms. The Labute approximate surface area is 162 Å². The van der Waals surface area contributed by atoms with E-state index in [1.807, 2.05) is 43.3 Å². The average molecular weight is 367 g/mol. The van der Waals surface area contributed by atoms with E-state index in [0.29, 0.717) is 12.0 Å². The van der Waals surface area contributed by atoms with Gasteiger partial charge in [0, 0.05) is 5.57 Å². The third-order valence-corrected chi connectivity index (χ3v) is 4.61. The number of hydrogen-bond donors (Lipinski definition) is 1. The minimum Gasteiger partial charge on any atom is -0.494 e. The molecule has 2 rings (SSSR count). The molecule has 0 saturated carbocycles. The quantitative estimate of drug-likeness (QED) is 0.361. The molecule has 0 aliphatic carbocycles. The van der Waals surface area contributed by atoms with Crippen LogP contribution in [0.4, 0.5) is 0 Å². The first-order chi connectivity index (χ1) is 13.1. The van der Waals surface area contributed by atoms with Gasteiger partial charge in [-0.05, 0) is 47.7 Å². The summed E-state index contributed by atoms with van der Waals surface area (Å²) in [5.41, 5.74) is 3.54. The number of unbranched alkanes of at least 4 members (excludes halogenated alkanes) is 4. The molecule has 0 spiro atoms. The number of carbonyl (C=O) groups is 1. The van der Waals surface area contributed by atoms with Gasteiger partial charge in [-0.1, -0.05) is 75.9 Å². The van der Waals surface area contributed by atoms with Crippen molar-refractivity contribution in [1.82, 2.24) is 0 Å². The number of rotatable bonds is 11. The normalized spacial score (nSPS) is 11.4. The van der Waals surface area contributed by atoms with E-state index in [2.05, 4.69) is 19.1 Å². The Bertz CT molecular complexity index is 727. The fourth-order valence-electron chi connectivity index (χ4n) is 2.93. The van der Waals surface area contributed by atoms with Crippen molar-refractivity contribution >= 4 is 12.0 Å². The van der Waals surface area contributed by atoms with Crippen molar-refractivity contribution in [2.75, 3.05) is 6.61 Å². The van der Waals surface area contributed by atoms with E-state index in [1.54, 1.807) is 6.08 Å². The average Bonchev–Trinajstić information content (AvgIpc) is 2.69. The highest BCUT2D eigenvalue weighted by atomic mass is 16.5. The molecule has 3 heteroatoms. The fourth-order valence-corrected chi connectivity index (χ4v) is 2.93. The van der Waals surface area contributed by atoms with Gasteiger partial charge < -0.3 is 9.84 Å².